The molecule has 0 aromatic carbocycles. The molecule has 0 saturated heterocycles. The van der Waals surface area contributed by atoms with Gasteiger partial charge in [0.15, 0.2) is 0 Å². The highest BCUT2D eigenvalue weighted by molar-refractivity contribution is 9.11. The van der Waals surface area contributed by atoms with Crippen molar-refractivity contribution in [2.24, 2.45) is 0 Å². The van der Waals surface area contributed by atoms with E-state index in [1.807, 2.05) is 13.8 Å². The Balaban J connectivity index is 3.23. The standard InChI is InChI=1S/C8H12BrNO2S2/c1-4-10(3)14(11,12)7-5-8(9)13-6(7)2/h5H,4H2,1-3H3. The highest BCUT2D eigenvalue weighted by atomic mass is 79.9. The first kappa shape index (κ1) is 12.2. The Labute approximate surface area is 96.9 Å². The molecule has 0 bridgehead atoms. The number of aryl methyl sites for hydroxylation is 1. The number of thiophene rings is 1. The van der Waals surface area contributed by atoms with Crippen LogP contribution in [0.4, 0.5) is 0 Å². The van der Waals surface area contributed by atoms with Crippen molar-refractivity contribution in [2.75, 3.05) is 13.6 Å². The van der Waals surface area contributed by atoms with Crippen LogP contribution in [0.5, 0.6) is 0 Å². The Morgan fingerprint density at radius 1 is 1.57 bits per heavy atom. The van der Waals surface area contributed by atoms with Crippen LogP contribution in [0.25, 0.3) is 0 Å². The fourth-order valence-electron chi connectivity index (χ4n) is 1.02. The predicted molar refractivity (Wildman–Crippen MR) is 62.2 cm³/mol. The Morgan fingerprint density at radius 2 is 2.14 bits per heavy atom. The molecule has 0 saturated carbocycles. The van der Waals surface area contributed by atoms with Crippen LogP contribution in [-0.4, -0.2) is 26.3 Å². The molecule has 6 heteroatoms. The summed E-state index contributed by atoms with van der Waals surface area (Å²) in [6, 6.07) is 1.65. The molecular weight excluding hydrogens is 286 g/mol. The lowest BCUT2D eigenvalue weighted by molar-refractivity contribution is 0.486. The van der Waals surface area contributed by atoms with Gasteiger partial charge in [-0.2, -0.15) is 0 Å². The van der Waals surface area contributed by atoms with E-state index < -0.39 is 10.0 Å². The van der Waals surface area contributed by atoms with Crippen LogP contribution in [0.1, 0.15) is 11.8 Å². The fraction of sp³-hybridized carbons (Fsp3) is 0.500. The van der Waals surface area contributed by atoms with Gasteiger partial charge in [0.05, 0.1) is 8.68 Å². The van der Waals surface area contributed by atoms with E-state index in [2.05, 4.69) is 15.9 Å². The van der Waals surface area contributed by atoms with Crippen LogP contribution in [0, 0.1) is 6.92 Å². The van der Waals surface area contributed by atoms with E-state index in [4.69, 9.17) is 0 Å². The second-order valence-electron chi connectivity index (χ2n) is 2.89. The summed E-state index contributed by atoms with van der Waals surface area (Å²) in [6.45, 7) is 4.11. The lowest BCUT2D eigenvalue weighted by Gasteiger charge is -2.13. The highest BCUT2D eigenvalue weighted by Gasteiger charge is 2.23. The lowest BCUT2D eigenvalue weighted by Crippen LogP contribution is -2.26. The van der Waals surface area contributed by atoms with Gasteiger partial charge < -0.3 is 0 Å². The number of sulfonamides is 1. The maximum atomic E-state index is 11.9. The molecule has 1 rings (SSSR count). The zero-order valence-corrected chi connectivity index (χ0v) is 11.5. The summed E-state index contributed by atoms with van der Waals surface area (Å²) < 4.78 is 26.0. The molecule has 3 nitrogen and oxygen atoms in total. The van der Waals surface area contributed by atoms with Gasteiger partial charge in [-0.3, -0.25) is 0 Å². The molecule has 0 spiro atoms. The Hall–Kier alpha value is 0.0900. The number of rotatable bonds is 3. The Morgan fingerprint density at radius 3 is 2.50 bits per heavy atom. The van der Waals surface area contributed by atoms with Crippen LogP contribution in [-0.2, 0) is 10.0 Å². The largest absolute Gasteiger partial charge is 0.243 e. The second kappa shape index (κ2) is 4.30. The molecule has 14 heavy (non-hydrogen) atoms. The summed E-state index contributed by atoms with van der Waals surface area (Å²) in [5.41, 5.74) is 0. The van der Waals surface area contributed by atoms with Crippen molar-refractivity contribution in [3.8, 4) is 0 Å². The second-order valence-corrected chi connectivity index (χ2v) is 7.54. The predicted octanol–water partition coefficient (Wildman–Crippen LogP) is 2.46. The van der Waals surface area contributed by atoms with Crippen molar-refractivity contribution in [1.82, 2.24) is 4.31 Å². The molecular formula is C8H12BrNO2S2. The van der Waals surface area contributed by atoms with Gasteiger partial charge in [-0.1, -0.05) is 6.92 Å². The van der Waals surface area contributed by atoms with Gasteiger partial charge in [0.2, 0.25) is 10.0 Å². The van der Waals surface area contributed by atoms with Gasteiger partial charge in [-0.15, -0.1) is 11.3 Å². The zero-order valence-electron chi connectivity index (χ0n) is 8.24. The van der Waals surface area contributed by atoms with Crippen LogP contribution < -0.4 is 0 Å². The molecule has 0 atom stereocenters. The molecule has 1 aromatic heterocycles. The smallest absolute Gasteiger partial charge is 0.207 e. The topological polar surface area (TPSA) is 37.4 Å². The van der Waals surface area contributed by atoms with Crippen molar-refractivity contribution < 1.29 is 8.42 Å². The highest BCUT2D eigenvalue weighted by Crippen LogP contribution is 2.30. The number of nitrogens with zero attached hydrogens (tertiary/aromatic N) is 1. The molecule has 0 amide bonds. The molecule has 0 aliphatic heterocycles. The summed E-state index contributed by atoms with van der Waals surface area (Å²) >= 11 is 4.72. The van der Waals surface area contributed by atoms with Crippen molar-refractivity contribution in [3.63, 3.8) is 0 Å². The van der Waals surface area contributed by atoms with Gasteiger partial charge >= 0.3 is 0 Å². The molecule has 1 heterocycles. The number of hydrogen-bond acceptors (Lipinski definition) is 3. The van der Waals surface area contributed by atoms with Crippen molar-refractivity contribution in [2.45, 2.75) is 18.7 Å². The fourth-order valence-corrected chi connectivity index (χ4v) is 4.58. The van der Waals surface area contributed by atoms with E-state index in [9.17, 15) is 8.42 Å². The summed E-state index contributed by atoms with van der Waals surface area (Å²) in [5, 5.41) is 0. The van der Waals surface area contributed by atoms with E-state index in [1.165, 1.54) is 15.6 Å². The van der Waals surface area contributed by atoms with Gasteiger partial charge in [0, 0.05) is 18.5 Å². The molecule has 0 N–H and O–H groups in total. The molecule has 0 radical (unpaired) electrons. The number of hydrogen-bond donors (Lipinski definition) is 0. The monoisotopic (exact) mass is 297 g/mol. The van der Waals surface area contributed by atoms with Crippen LogP contribution in [0.3, 0.4) is 0 Å². The van der Waals surface area contributed by atoms with Crippen LogP contribution in [0.2, 0.25) is 0 Å². The third kappa shape index (κ3) is 2.18. The van der Waals surface area contributed by atoms with Crippen LogP contribution >= 0.6 is 27.3 Å². The van der Waals surface area contributed by atoms with Gasteiger partial charge in [0.1, 0.15) is 0 Å². The third-order valence-electron chi connectivity index (χ3n) is 1.98. The molecule has 0 aliphatic carbocycles. The number of halogens is 1. The van der Waals surface area contributed by atoms with E-state index in [1.54, 1.807) is 13.1 Å². The van der Waals surface area contributed by atoms with Crippen molar-refractivity contribution >= 4 is 37.3 Å². The summed E-state index contributed by atoms with van der Waals surface area (Å²) in [5.74, 6) is 0. The molecule has 80 valence electrons. The minimum Gasteiger partial charge on any atom is -0.207 e. The van der Waals surface area contributed by atoms with Crippen molar-refractivity contribution in [1.29, 1.82) is 0 Å². The lowest BCUT2D eigenvalue weighted by atomic mass is 10.5. The summed E-state index contributed by atoms with van der Waals surface area (Å²) in [4.78, 5) is 1.22. The molecule has 1 aromatic rings. The average molecular weight is 298 g/mol. The van der Waals surface area contributed by atoms with E-state index >= 15 is 0 Å². The maximum Gasteiger partial charge on any atom is 0.243 e. The first-order chi connectivity index (χ1) is 6.39. The first-order valence-corrected chi connectivity index (χ1v) is 7.16. The molecule has 0 unspecified atom stereocenters. The Kier molecular flexibility index (Phi) is 3.74. The SMILES string of the molecule is CCN(C)S(=O)(=O)c1cc(Br)sc1C. The van der Waals surface area contributed by atoms with Crippen LogP contribution in [0.15, 0.2) is 14.7 Å². The van der Waals surface area contributed by atoms with Gasteiger partial charge in [-0.05, 0) is 28.9 Å². The van der Waals surface area contributed by atoms with E-state index in [0.717, 1.165) is 8.66 Å². The van der Waals surface area contributed by atoms with Gasteiger partial charge in [-0.25, -0.2) is 12.7 Å². The minimum atomic E-state index is -3.29. The van der Waals surface area contributed by atoms with Crippen molar-refractivity contribution in [3.05, 3.63) is 14.7 Å². The minimum absolute atomic E-state index is 0.402. The molecule has 0 aliphatic rings. The van der Waals surface area contributed by atoms with E-state index in [-0.39, 0.29) is 0 Å². The summed E-state index contributed by atoms with van der Waals surface area (Å²) in [6.07, 6.45) is 0. The molecule has 0 fully saturated rings. The first-order valence-electron chi connectivity index (χ1n) is 4.12. The maximum absolute atomic E-state index is 11.9. The summed E-state index contributed by atoms with van der Waals surface area (Å²) in [7, 11) is -1.70. The normalized spacial score (nSPS) is 12.4. The third-order valence-corrected chi connectivity index (χ3v) is 5.72. The van der Waals surface area contributed by atoms with E-state index in [0.29, 0.717) is 11.4 Å². The van der Waals surface area contributed by atoms with Gasteiger partial charge in [0.25, 0.3) is 0 Å². The quantitative estimate of drug-likeness (QED) is 0.859. The average Bonchev–Trinajstić information content (AvgIpc) is 2.44. The zero-order chi connectivity index (χ0) is 10.9. The Bertz CT molecular complexity index is 425.